The lowest BCUT2D eigenvalue weighted by atomic mass is 10.1. The molecule has 0 bridgehead atoms. The number of nitrogens with zero attached hydrogens (tertiary/aromatic N) is 1. The zero-order valence-corrected chi connectivity index (χ0v) is 11.5. The second-order valence-electron chi connectivity index (χ2n) is 4.16. The SMILES string of the molecule is NC(CCC(=O)N(O)c1cccc(S(=O)(=O)O)c1)C(=O)O. The molecule has 9 nitrogen and oxygen atoms in total. The highest BCUT2D eigenvalue weighted by atomic mass is 32.2. The van der Waals surface area contributed by atoms with Crippen LogP contribution in [-0.4, -0.2) is 41.2 Å². The predicted molar refractivity (Wildman–Crippen MR) is 70.4 cm³/mol. The van der Waals surface area contributed by atoms with Crippen molar-refractivity contribution in [2.24, 2.45) is 5.73 Å². The third-order valence-corrected chi connectivity index (χ3v) is 3.43. The molecule has 0 spiro atoms. The summed E-state index contributed by atoms with van der Waals surface area (Å²) in [4.78, 5) is 21.7. The maximum Gasteiger partial charge on any atom is 0.320 e. The fourth-order valence-electron chi connectivity index (χ4n) is 1.43. The van der Waals surface area contributed by atoms with Gasteiger partial charge in [-0.15, -0.1) is 0 Å². The highest BCUT2D eigenvalue weighted by molar-refractivity contribution is 7.85. The first-order valence-corrected chi connectivity index (χ1v) is 7.14. The first-order valence-electron chi connectivity index (χ1n) is 5.70. The summed E-state index contributed by atoms with van der Waals surface area (Å²) in [5.74, 6) is -2.14. The molecule has 21 heavy (non-hydrogen) atoms. The third-order valence-electron chi connectivity index (χ3n) is 2.58. The van der Waals surface area contributed by atoms with Gasteiger partial charge in [-0.1, -0.05) is 6.07 Å². The normalized spacial score (nSPS) is 12.7. The average Bonchev–Trinajstić information content (AvgIpc) is 2.42. The van der Waals surface area contributed by atoms with Gasteiger partial charge in [-0.3, -0.25) is 19.3 Å². The summed E-state index contributed by atoms with van der Waals surface area (Å²) < 4.78 is 30.8. The smallest absolute Gasteiger partial charge is 0.320 e. The molecule has 0 aliphatic carbocycles. The number of anilines is 1. The summed E-state index contributed by atoms with van der Waals surface area (Å²) in [5, 5.41) is 18.4. The largest absolute Gasteiger partial charge is 0.480 e. The summed E-state index contributed by atoms with van der Waals surface area (Å²) in [6.07, 6.45) is -0.538. The van der Waals surface area contributed by atoms with Gasteiger partial charge in [0.05, 0.1) is 10.6 Å². The molecule has 0 radical (unpaired) electrons. The van der Waals surface area contributed by atoms with E-state index in [4.69, 9.17) is 15.4 Å². The minimum Gasteiger partial charge on any atom is -0.480 e. The molecule has 5 N–H and O–H groups in total. The Kier molecular flexibility index (Phi) is 5.38. The highest BCUT2D eigenvalue weighted by Gasteiger charge is 2.19. The molecule has 0 fully saturated rings. The van der Waals surface area contributed by atoms with Gasteiger partial charge in [0, 0.05) is 6.42 Å². The van der Waals surface area contributed by atoms with E-state index in [-0.39, 0.29) is 23.6 Å². The fraction of sp³-hybridized carbons (Fsp3) is 0.273. The fourth-order valence-corrected chi connectivity index (χ4v) is 1.95. The molecule has 1 rings (SSSR count). The summed E-state index contributed by atoms with van der Waals surface area (Å²) in [6, 6.07) is 3.19. The van der Waals surface area contributed by atoms with Crippen molar-refractivity contribution >= 4 is 27.7 Å². The summed E-state index contributed by atoms with van der Waals surface area (Å²) in [5.41, 5.74) is 5.04. The van der Waals surface area contributed by atoms with Crippen molar-refractivity contribution in [2.45, 2.75) is 23.8 Å². The quantitative estimate of drug-likeness (QED) is 0.320. The van der Waals surface area contributed by atoms with Crippen molar-refractivity contribution in [2.75, 3.05) is 5.06 Å². The van der Waals surface area contributed by atoms with Gasteiger partial charge in [-0.2, -0.15) is 13.5 Å². The van der Waals surface area contributed by atoms with E-state index in [1.807, 2.05) is 0 Å². The number of carboxylic acid groups (broad SMARTS) is 1. The van der Waals surface area contributed by atoms with E-state index in [0.717, 1.165) is 12.1 Å². The van der Waals surface area contributed by atoms with Gasteiger partial charge in [0.15, 0.2) is 0 Å². The summed E-state index contributed by atoms with van der Waals surface area (Å²) >= 11 is 0. The number of amides is 1. The Bertz CT molecular complexity index is 644. The third kappa shape index (κ3) is 4.79. The topological polar surface area (TPSA) is 158 Å². The van der Waals surface area contributed by atoms with Crippen molar-refractivity contribution < 1.29 is 32.9 Å². The molecule has 0 saturated heterocycles. The lowest BCUT2D eigenvalue weighted by Gasteiger charge is -2.16. The van der Waals surface area contributed by atoms with Crippen molar-refractivity contribution in [3.63, 3.8) is 0 Å². The molecule has 1 aromatic carbocycles. The van der Waals surface area contributed by atoms with E-state index in [2.05, 4.69) is 0 Å². The number of nitrogens with two attached hydrogens (primary N) is 1. The Morgan fingerprint density at radius 3 is 2.48 bits per heavy atom. The van der Waals surface area contributed by atoms with Gasteiger partial charge in [-0.05, 0) is 24.6 Å². The van der Waals surface area contributed by atoms with Crippen molar-refractivity contribution in [3.05, 3.63) is 24.3 Å². The first kappa shape index (κ1) is 17.0. The molecule has 1 atom stereocenters. The van der Waals surface area contributed by atoms with Gasteiger partial charge < -0.3 is 10.8 Å². The zero-order chi connectivity index (χ0) is 16.2. The molecule has 10 heteroatoms. The van der Waals surface area contributed by atoms with Gasteiger partial charge in [0.2, 0.25) is 0 Å². The van der Waals surface area contributed by atoms with Gasteiger partial charge in [0.1, 0.15) is 6.04 Å². The highest BCUT2D eigenvalue weighted by Crippen LogP contribution is 2.19. The van der Waals surface area contributed by atoms with Crippen molar-refractivity contribution in [1.29, 1.82) is 0 Å². The number of aliphatic carboxylic acids is 1. The molecule has 116 valence electrons. The molecule has 1 unspecified atom stereocenters. The van der Waals surface area contributed by atoms with Crippen LogP contribution in [0, 0.1) is 0 Å². The molecule has 1 amide bonds. The summed E-state index contributed by atoms with van der Waals surface area (Å²) in [6.45, 7) is 0. The van der Waals surface area contributed by atoms with E-state index in [1.54, 1.807) is 0 Å². The number of hydrogen-bond donors (Lipinski definition) is 4. The summed E-state index contributed by atoms with van der Waals surface area (Å²) in [7, 11) is -4.47. The van der Waals surface area contributed by atoms with Crippen LogP contribution in [0.4, 0.5) is 5.69 Å². The molecular weight excluding hydrogens is 304 g/mol. The van der Waals surface area contributed by atoms with E-state index in [0.29, 0.717) is 0 Å². The Hall–Kier alpha value is -2.01. The number of carbonyl (C=O) groups is 2. The van der Waals surface area contributed by atoms with E-state index >= 15 is 0 Å². The minimum atomic E-state index is -4.47. The first-order chi connectivity index (χ1) is 9.62. The zero-order valence-electron chi connectivity index (χ0n) is 10.7. The maximum absolute atomic E-state index is 11.6. The number of hydrogen-bond acceptors (Lipinski definition) is 6. The second-order valence-corrected chi connectivity index (χ2v) is 5.58. The lowest BCUT2D eigenvalue weighted by molar-refractivity contribution is -0.138. The minimum absolute atomic E-state index is 0.170. The molecule has 0 aliphatic rings. The van der Waals surface area contributed by atoms with Gasteiger partial charge >= 0.3 is 5.97 Å². The Balaban J connectivity index is 2.81. The van der Waals surface area contributed by atoms with Crippen LogP contribution in [0.1, 0.15) is 12.8 Å². The van der Waals surface area contributed by atoms with Crippen LogP contribution in [0.2, 0.25) is 0 Å². The number of hydroxylamine groups is 1. The van der Waals surface area contributed by atoms with E-state index in [9.17, 15) is 23.2 Å². The lowest BCUT2D eigenvalue weighted by Crippen LogP contribution is -2.33. The van der Waals surface area contributed by atoms with Crippen molar-refractivity contribution in [1.82, 2.24) is 0 Å². The number of carbonyl (C=O) groups excluding carboxylic acids is 1. The number of benzene rings is 1. The van der Waals surface area contributed by atoms with Gasteiger partial charge in [-0.25, -0.2) is 0 Å². The Morgan fingerprint density at radius 1 is 1.33 bits per heavy atom. The predicted octanol–water partition coefficient (Wildman–Crippen LogP) is -0.152. The van der Waals surface area contributed by atoms with Crippen LogP contribution in [0.3, 0.4) is 0 Å². The molecule has 0 aliphatic heterocycles. The van der Waals surface area contributed by atoms with Crippen molar-refractivity contribution in [3.8, 4) is 0 Å². The maximum atomic E-state index is 11.6. The van der Waals surface area contributed by atoms with Gasteiger partial charge in [0.25, 0.3) is 16.0 Å². The molecule has 0 heterocycles. The van der Waals surface area contributed by atoms with Crippen LogP contribution in [0.15, 0.2) is 29.2 Å². The van der Waals surface area contributed by atoms with Crippen LogP contribution in [0.5, 0.6) is 0 Å². The molecule has 0 aromatic heterocycles. The standard InChI is InChI=1S/C11H14N2O7S/c12-9(11(15)16)4-5-10(14)13(17)7-2-1-3-8(6-7)21(18,19)20/h1-3,6,9,17H,4-5,12H2,(H,15,16)(H,18,19,20). The second kappa shape index (κ2) is 6.63. The Labute approximate surface area is 120 Å². The van der Waals surface area contributed by atoms with Crippen LogP contribution >= 0.6 is 0 Å². The Morgan fingerprint density at radius 2 is 1.95 bits per heavy atom. The molecule has 0 saturated carbocycles. The average molecular weight is 318 g/mol. The number of rotatable bonds is 6. The van der Waals surface area contributed by atoms with E-state index < -0.39 is 32.9 Å². The number of carboxylic acids is 1. The van der Waals surface area contributed by atoms with Crippen LogP contribution in [0.25, 0.3) is 0 Å². The van der Waals surface area contributed by atoms with E-state index in [1.165, 1.54) is 12.1 Å². The molecular formula is C11H14N2O7S. The monoisotopic (exact) mass is 318 g/mol. The molecule has 1 aromatic rings. The van der Waals surface area contributed by atoms with Crippen LogP contribution < -0.4 is 10.8 Å². The van der Waals surface area contributed by atoms with Crippen LogP contribution in [-0.2, 0) is 19.7 Å².